The fourth-order valence-corrected chi connectivity index (χ4v) is 3.88. The number of anilines is 2. The van der Waals surface area contributed by atoms with Gasteiger partial charge in [-0.05, 0) is 49.4 Å². The quantitative estimate of drug-likeness (QED) is 0.829. The SMILES string of the molecule is CO[C@@H](C)C(=O)Nc1cccc(NC(=O)N2CCC[C@@H]2c2cccs2)c1. The number of amides is 3. The highest BCUT2D eigenvalue weighted by Gasteiger charge is 2.30. The summed E-state index contributed by atoms with van der Waals surface area (Å²) in [5.41, 5.74) is 1.27. The summed E-state index contributed by atoms with van der Waals surface area (Å²) in [6.45, 7) is 2.43. The third kappa shape index (κ3) is 4.23. The molecule has 0 spiro atoms. The summed E-state index contributed by atoms with van der Waals surface area (Å²) in [6.07, 6.45) is 1.45. The Labute approximate surface area is 157 Å². The second-order valence-electron chi connectivity index (χ2n) is 6.24. The Morgan fingerprint density at radius 2 is 2.00 bits per heavy atom. The third-order valence-corrected chi connectivity index (χ3v) is 5.46. The minimum absolute atomic E-state index is 0.116. The molecule has 2 heterocycles. The van der Waals surface area contributed by atoms with E-state index in [2.05, 4.69) is 16.7 Å². The number of benzene rings is 1. The van der Waals surface area contributed by atoms with Crippen LogP contribution in [0.4, 0.5) is 16.2 Å². The molecule has 0 bridgehead atoms. The second-order valence-corrected chi connectivity index (χ2v) is 7.22. The lowest BCUT2D eigenvalue weighted by molar-refractivity contribution is -0.124. The van der Waals surface area contributed by atoms with Crippen LogP contribution in [0.1, 0.15) is 30.7 Å². The normalized spacial score (nSPS) is 17.8. The van der Waals surface area contributed by atoms with Crippen LogP contribution in [-0.4, -0.2) is 36.6 Å². The van der Waals surface area contributed by atoms with Crippen LogP contribution in [0.5, 0.6) is 0 Å². The van der Waals surface area contributed by atoms with Crippen LogP contribution < -0.4 is 10.6 Å². The number of hydrogen-bond donors (Lipinski definition) is 2. The monoisotopic (exact) mass is 373 g/mol. The Kier molecular flexibility index (Phi) is 5.90. The first-order valence-electron chi connectivity index (χ1n) is 8.63. The Balaban J connectivity index is 1.66. The van der Waals surface area contributed by atoms with Gasteiger partial charge in [-0.2, -0.15) is 0 Å². The van der Waals surface area contributed by atoms with Crippen LogP contribution in [0.25, 0.3) is 0 Å². The number of hydrogen-bond acceptors (Lipinski definition) is 4. The maximum Gasteiger partial charge on any atom is 0.322 e. The molecular formula is C19H23N3O3S. The van der Waals surface area contributed by atoms with Gasteiger partial charge in [0.25, 0.3) is 5.91 Å². The molecule has 0 saturated carbocycles. The van der Waals surface area contributed by atoms with Gasteiger partial charge in [-0.25, -0.2) is 4.79 Å². The molecule has 1 fully saturated rings. The fourth-order valence-electron chi connectivity index (χ4n) is 3.01. The molecule has 1 aliphatic rings. The van der Waals surface area contributed by atoms with Crippen LogP contribution in [0, 0.1) is 0 Å². The zero-order valence-corrected chi connectivity index (χ0v) is 15.7. The number of carbonyl (C=O) groups is 2. The molecule has 2 aromatic rings. The molecule has 138 valence electrons. The van der Waals surface area contributed by atoms with Crippen molar-refractivity contribution in [3.8, 4) is 0 Å². The van der Waals surface area contributed by atoms with E-state index >= 15 is 0 Å². The van der Waals surface area contributed by atoms with Crippen molar-refractivity contribution < 1.29 is 14.3 Å². The van der Waals surface area contributed by atoms with Crippen LogP contribution in [0.15, 0.2) is 41.8 Å². The smallest absolute Gasteiger partial charge is 0.322 e. The van der Waals surface area contributed by atoms with Gasteiger partial charge in [0.1, 0.15) is 6.10 Å². The molecule has 3 amide bonds. The average Bonchev–Trinajstić information content (AvgIpc) is 3.32. The zero-order chi connectivity index (χ0) is 18.5. The largest absolute Gasteiger partial charge is 0.372 e. The number of likely N-dealkylation sites (tertiary alicyclic amines) is 1. The summed E-state index contributed by atoms with van der Waals surface area (Å²) >= 11 is 1.68. The predicted molar refractivity (Wildman–Crippen MR) is 104 cm³/mol. The lowest BCUT2D eigenvalue weighted by Crippen LogP contribution is -2.34. The highest BCUT2D eigenvalue weighted by Crippen LogP contribution is 2.34. The zero-order valence-electron chi connectivity index (χ0n) is 14.9. The molecule has 0 aliphatic carbocycles. The molecule has 6 nitrogen and oxygen atoms in total. The second kappa shape index (κ2) is 8.33. The molecule has 1 saturated heterocycles. The summed E-state index contributed by atoms with van der Waals surface area (Å²) < 4.78 is 5.01. The number of urea groups is 1. The van der Waals surface area contributed by atoms with Crippen molar-refractivity contribution in [3.63, 3.8) is 0 Å². The molecule has 1 aliphatic heterocycles. The number of thiophene rings is 1. The molecule has 2 N–H and O–H groups in total. The van der Waals surface area contributed by atoms with Gasteiger partial charge in [0.2, 0.25) is 0 Å². The standard InChI is InChI=1S/C19H23N3O3S/c1-13(25-2)18(23)20-14-6-3-7-15(12-14)21-19(24)22-10-4-8-16(22)17-9-5-11-26-17/h3,5-7,9,11-13,16H,4,8,10H2,1-2H3,(H,20,23)(H,21,24)/t13-,16+/m0/s1. The third-order valence-electron chi connectivity index (χ3n) is 4.49. The van der Waals surface area contributed by atoms with Crippen molar-refractivity contribution >= 4 is 34.6 Å². The van der Waals surface area contributed by atoms with E-state index in [1.165, 1.54) is 12.0 Å². The van der Waals surface area contributed by atoms with Gasteiger partial charge >= 0.3 is 6.03 Å². The van der Waals surface area contributed by atoms with E-state index in [4.69, 9.17) is 4.74 Å². The van der Waals surface area contributed by atoms with Gasteiger partial charge in [-0.15, -0.1) is 11.3 Å². The van der Waals surface area contributed by atoms with Gasteiger partial charge in [0.15, 0.2) is 0 Å². The van der Waals surface area contributed by atoms with E-state index in [0.717, 1.165) is 19.4 Å². The van der Waals surface area contributed by atoms with E-state index < -0.39 is 6.10 Å². The van der Waals surface area contributed by atoms with Crippen molar-refractivity contribution in [2.45, 2.75) is 31.9 Å². The molecule has 7 heteroatoms. The van der Waals surface area contributed by atoms with E-state index in [-0.39, 0.29) is 18.0 Å². The Bertz CT molecular complexity index is 763. The van der Waals surface area contributed by atoms with E-state index in [0.29, 0.717) is 11.4 Å². The van der Waals surface area contributed by atoms with Crippen molar-refractivity contribution in [1.82, 2.24) is 4.90 Å². The van der Waals surface area contributed by atoms with Crippen LogP contribution >= 0.6 is 11.3 Å². The molecule has 2 atom stereocenters. The fraction of sp³-hybridized carbons (Fsp3) is 0.368. The first-order chi connectivity index (χ1) is 12.6. The molecule has 0 unspecified atom stereocenters. The number of nitrogens with one attached hydrogen (secondary N) is 2. The van der Waals surface area contributed by atoms with Crippen molar-refractivity contribution in [1.29, 1.82) is 0 Å². The Morgan fingerprint density at radius 1 is 1.23 bits per heavy atom. The average molecular weight is 373 g/mol. The topological polar surface area (TPSA) is 70.7 Å². The maximum absolute atomic E-state index is 12.7. The minimum atomic E-state index is -0.538. The van der Waals surface area contributed by atoms with Gasteiger partial charge in [0.05, 0.1) is 6.04 Å². The summed E-state index contributed by atoms with van der Waals surface area (Å²) in [6, 6.07) is 11.2. The number of ether oxygens (including phenoxy) is 1. The van der Waals surface area contributed by atoms with Gasteiger partial charge < -0.3 is 20.3 Å². The highest BCUT2D eigenvalue weighted by atomic mass is 32.1. The lowest BCUT2D eigenvalue weighted by Gasteiger charge is -2.24. The van der Waals surface area contributed by atoms with Gasteiger partial charge in [-0.3, -0.25) is 4.79 Å². The van der Waals surface area contributed by atoms with Gasteiger partial charge in [0, 0.05) is 29.9 Å². The van der Waals surface area contributed by atoms with Crippen LogP contribution in [0.3, 0.4) is 0 Å². The van der Waals surface area contributed by atoms with Crippen molar-refractivity contribution in [2.75, 3.05) is 24.3 Å². The number of carbonyl (C=O) groups excluding carboxylic acids is 2. The first kappa shape index (κ1) is 18.4. The lowest BCUT2D eigenvalue weighted by atomic mass is 10.2. The predicted octanol–water partition coefficient (Wildman–Crippen LogP) is 4.09. The molecular weight excluding hydrogens is 350 g/mol. The Morgan fingerprint density at radius 3 is 2.69 bits per heavy atom. The van der Waals surface area contributed by atoms with Crippen molar-refractivity contribution in [3.05, 3.63) is 46.7 Å². The molecule has 26 heavy (non-hydrogen) atoms. The summed E-state index contributed by atoms with van der Waals surface area (Å²) in [5, 5.41) is 7.76. The molecule has 3 rings (SSSR count). The molecule has 1 aromatic heterocycles. The first-order valence-corrected chi connectivity index (χ1v) is 9.51. The highest BCUT2D eigenvalue weighted by molar-refractivity contribution is 7.10. The van der Waals surface area contributed by atoms with E-state index in [1.807, 2.05) is 22.4 Å². The van der Waals surface area contributed by atoms with Crippen molar-refractivity contribution in [2.24, 2.45) is 0 Å². The Hall–Kier alpha value is -2.38. The molecule has 1 aromatic carbocycles. The summed E-state index contributed by atoms with van der Waals surface area (Å²) in [7, 11) is 1.49. The van der Waals surface area contributed by atoms with E-state index in [9.17, 15) is 9.59 Å². The number of methoxy groups -OCH3 is 1. The minimum Gasteiger partial charge on any atom is -0.372 e. The van der Waals surface area contributed by atoms with Crippen LogP contribution in [0.2, 0.25) is 0 Å². The summed E-state index contributed by atoms with van der Waals surface area (Å²) in [5.74, 6) is -0.228. The number of rotatable bonds is 5. The molecule has 0 radical (unpaired) electrons. The number of nitrogens with zero attached hydrogens (tertiary/aromatic N) is 1. The van der Waals surface area contributed by atoms with E-state index in [1.54, 1.807) is 36.5 Å². The van der Waals surface area contributed by atoms with Gasteiger partial charge in [-0.1, -0.05) is 12.1 Å². The van der Waals surface area contributed by atoms with Crippen LogP contribution in [-0.2, 0) is 9.53 Å². The maximum atomic E-state index is 12.7. The summed E-state index contributed by atoms with van der Waals surface area (Å²) in [4.78, 5) is 27.7.